The molecule has 1 fully saturated rings. The maximum atomic E-state index is 11.9. The molecule has 1 aromatic carbocycles. The molecule has 0 radical (unpaired) electrons. The number of fused-ring (bicyclic) bond motifs is 5. The number of hydrogen-bond donors (Lipinski definition) is 1. The summed E-state index contributed by atoms with van der Waals surface area (Å²) < 4.78 is 11.8. The van der Waals surface area contributed by atoms with Crippen LogP contribution in [0.3, 0.4) is 0 Å². The van der Waals surface area contributed by atoms with Crippen molar-refractivity contribution in [1.82, 2.24) is 4.57 Å². The first-order chi connectivity index (χ1) is 9.61. The second-order valence-corrected chi connectivity index (χ2v) is 5.08. The zero-order valence-electron chi connectivity index (χ0n) is 10.7. The van der Waals surface area contributed by atoms with Gasteiger partial charge in [-0.1, -0.05) is 0 Å². The molecule has 0 spiro atoms. The topological polar surface area (TPSA) is 84.9 Å². The maximum absolute atomic E-state index is 11.9. The monoisotopic (exact) mass is 276 g/mol. The molecule has 2 atom stereocenters. The van der Waals surface area contributed by atoms with E-state index in [9.17, 15) is 14.7 Å². The molecular formula is C13H12N2O5. The predicted octanol–water partition coefficient (Wildman–Crippen LogP) is 0.374. The van der Waals surface area contributed by atoms with Gasteiger partial charge >= 0.3 is 11.8 Å². The standard InChI is InChI=1S/C13H12N2O5/c1-14-8-3-2-7-6(11(8)20-12(14)17)4-9-10(5-16)19-13(18)15(7)9/h2-3,9-10,16H,4-5H2,1H3/t9-,10?/m0/s1. The number of aryl methyl sites for hydroxylation is 1. The summed E-state index contributed by atoms with van der Waals surface area (Å²) >= 11 is 0. The molecule has 0 bridgehead atoms. The number of rotatable bonds is 1. The van der Waals surface area contributed by atoms with Crippen LogP contribution in [0.4, 0.5) is 10.5 Å². The molecule has 0 saturated carbocycles. The molecule has 7 heteroatoms. The molecule has 1 amide bonds. The number of aliphatic hydroxyl groups is 1. The summed E-state index contributed by atoms with van der Waals surface area (Å²) in [6, 6.07) is 3.30. The summed E-state index contributed by atoms with van der Waals surface area (Å²) in [7, 11) is 1.64. The minimum Gasteiger partial charge on any atom is -0.441 e. The number of anilines is 1. The van der Waals surface area contributed by atoms with E-state index in [2.05, 4.69) is 0 Å². The number of amides is 1. The van der Waals surface area contributed by atoms with Crippen molar-refractivity contribution in [1.29, 1.82) is 0 Å². The van der Waals surface area contributed by atoms with E-state index in [1.165, 1.54) is 9.47 Å². The van der Waals surface area contributed by atoms with Crippen LogP contribution in [-0.2, 0) is 18.2 Å². The van der Waals surface area contributed by atoms with Gasteiger partial charge in [0.05, 0.1) is 23.9 Å². The number of hydrogen-bond acceptors (Lipinski definition) is 5. The molecule has 2 aliphatic rings. The van der Waals surface area contributed by atoms with E-state index in [1.807, 2.05) is 0 Å². The van der Waals surface area contributed by atoms with Crippen molar-refractivity contribution in [2.75, 3.05) is 11.5 Å². The Hall–Kier alpha value is -2.28. The zero-order valence-corrected chi connectivity index (χ0v) is 10.7. The summed E-state index contributed by atoms with van der Waals surface area (Å²) in [5.41, 5.74) is 2.72. The summed E-state index contributed by atoms with van der Waals surface area (Å²) in [5, 5.41) is 9.29. The lowest BCUT2D eigenvalue weighted by Gasteiger charge is -2.14. The Morgan fingerprint density at radius 1 is 1.40 bits per heavy atom. The molecule has 104 valence electrons. The van der Waals surface area contributed by atoms with E-state index in [-0.39, 0.29) is 12.6 Å². The Labute approximate surface area is 113 Å². The fourth-order valence-corrected chi connectivity index (χ4v) is 3.09. The van der Waals surface area contributed by atoms with Crippen LogP contribution in [-0.4, -0.2) is 34.5 Å². The molecule has 3 heterocycles. The van der Waals surface area contributed by atoms with Crippen molar-refractivity contribution < 1.29 is 19.1 Å². The van der Waals surface area contributed by atoms with Crippen LogP contribution in [0.2, 0.25) is 0 Å². The molecule has 1 aromatic heterocycles. The first-order valence-corrected chi connectivity index (χ1v) is 6.34. The lowest BCUT2D eigenvalue weighted by molar-refractivity contribution is 0.0831. The van der Waals surface area contributed by atoms with E-state index in [0.29, 0.717) is 23.2 Å². The Morgan fingerprint density at radius 3 is 2.95 bits per heavy atom. The van der Waals surface area contributed by atoms with Gasteiger partial charge in [-0.2, -0.15) is 0 Å². The molecule has 7 nitrogen and oxygen atoms in total. The Kier molecular flexibility index (Phi) is 2.10. The third kappa shape index (κ3) is 1.23. The van der Waals surface area contributed by atoms with E-state index in [4.69, 9.17) is 9.15 Å². The van der Waals surface area contributed by atoms with Crippen molar-refractivity contribution >= 4 is 22.9 Å². The lowest BCUT2D eigenvalue weighted by Crippen LogP contribution is -2.34. The van der Waals surface area contributed by atoms with Crippen molar-refractivity contribution in [2.45, 2.75) is 18.6 Å². The number of carbonyl (C=O) groups is 1. The number of aliphatic hydroxyl groups excluding tert-OH is 1. The molecule has 2 aliphatic heterocycles. The summed E-state index contributed by atoms with van der Waals surface area (Å²) in [5.74, 6) is -0.429. The molecule has 2 aromatic rings. The van der Waals surface area contributed by atoms with Gasteiger partial charge < -0.3 is 14.3 Å². The fourth-order valence-electron chi connectivity index (χ4n) is 3.09. The van der Waals surface area contributed by atoms with E-state index >= 15 is 0 Å². The number of benzene rings is 1. The summed E-state index contributed by atoms with van der Waals surface area (Å²) in [6.07, 6.45) is -0.498. The number of aromatic nitrogens is 1. The van der Waals surface area contributed by atoms with E-state index < -0.39 is 18.0 Å². The Bertz CT molecular complexity index is 790. The third-order valence-corrected chi connectivity index (χ3v) is 4.10. The fraction of sp³-hybridized carbons (Fsp3) is 0.385. The van der Waals surface area contributed by atoms with Gasteiger partial charge in [0, 0.05) is 19.0 Å². The van der Waals surface area contributed by atoms with Crippen LogP contribution >= 0.6 is 0 Å². The second kappa shape index (κ2) is 3.63. The molecule has 0 aliphatic carbocycles. The minimum atomic E-state index is -0.541. The van der Waals surface area contributed by atoms with Gasteiger partial charge in [0.25, 0.3) is 0 Å². The average Bonchev–Trinajstić information content (AvgIpc) is 3.04. The predicted molar refractivity (Wildman–Crippen MR) is 68.8 cm³/mol. The molecule has 1 unspecified atom stereocenters. The average molecular weight is 276 g/mol. The van der Waals surface area contributed by atoms with Gasteiger partial charge in [-0.05, 0) is 12.1 Å². The normalized spacial score (nSPS) is 24.1. The van der Waals surface area contributed by atoms with Gasteiger partial charge in [-0.25, -0.2) is 9.59 Å². The highest BCUT2D eigenvalue weighted by molar-refractivity contribution is 5.98. The molecule has 20 heavy (non-hydrogen) atoms. The Morgan fingerprint density at radius 2 is 2.20 bits per heavy atom. The number of cyclic esters (lactones) is 1. The van der Waals surface area contributed by atoms with Crippen LogP contribution in [0.25, 0.3) is 11.1 Å². The molecule has 1 N–H and O–H groups in total. The second-order valence-electron chi connectivity index (χ2n) is 5.08. The summed E-state index contributed by atoms with van der Waals surface area (Å²) in [4.78, 5) is 25.0. The highest BCUT2D eigenvalue weighted by Gasteiger charge is 2.48. The van der Waals surface area contributed by atoms with Crippen molar-refractivity contribution in [2.24, 2.45) is 7.05 Å². The van der Waals surface area contributed by atoms with Crippen LogP contribution in [0.5, 0.6) is 0 Å². The van der Waals surface area contributed by atoms with Crippen molar-refractivity contribution in [3.63, 3.8) is 0 Å². The van der Waals surface area contributed by atoms with Crippen LogP contribution in [0.15, 0.2) is 21.3 Å². The summed E-state index contributed by atoms with van der Waals surface area (Å²) in [6.45, 7) is -0.219. The zero-order chi connectivity index (χ0) is 14.0. The third-order valence-electron chi connectivity index (χ3n) is 4.10. The first-order valence-electron chi connectivity index (χ1n) is 6.34. The SMILES string of the molecule is Cn1c(=O)oc2c3c(ccc21)N1C(=O)OC(CO)[C@@H]1C3. The molecular weight excluding hydrogens is 264 g/mol. The number of ether oxygens (including phenoxy) is 1. The molecule has 4 rings (SSSR count). The van der Waals surface area contributed by atoms with Crippen LogP contribution in [0.1, 0.15) is 5.56 Å². The number of oxazole rings is 1. The number of carbonyl (C=O) groups excluding carboxylic acids is 1. The first kappa shape index (κ1) is 11.5. The van der Waals surface area contributed by atoms with Gasteiger partial charge in [-0.3, -0.25) is 9.47 Å². The van der Waals surface area contributed by atoms with E-state index in [1.54, 1.807) is 19.2 Å². The quantitative estimate of drug-likeness (QED) is 0.813. The van der Waals surface area contributed by atoms with Crippen molar-refractivity contribution in [3.8, 4) is 0 Å². The smallest absolute Gasteiger partial charge is 0.419 e. The van der Waals surface area contributed by atoms with Crippen molar-refractivity contribution in [3.05, 3.63) is 28.2 Å². The minimum absolute atomic E-state index is 0.219. The highest BCUT2D eigenvalue weighted by Crippen LogP contribution is 2.41. The van der Waals surface area contributed by atoms with Crippen LogP contribution in [0, 0.1) is 0 Å². The largest absolute Gasteiger partial charge is 0.441 e. The van der Waals surface area contributed by atoms with Gasteiger partial charge in [0.1, 0.15) is 6.10 Å². The van der Waals surface area contributed by atoms with Gasteiger partial charge in [0.15, 0.2) is 5.58 Å². The highest BCUT2D eigenvalue weighted by atomic mass is 16.6. The van der Waals surface area contributed by atoms with Gasteiger partial charge in [-0.15, -0.1) is 0 Å². The van der Waals surface area contributed by atoms with Gasteiger partial charge in [0.2, 0.25) is 0 Å². The molecule has 1 saturated heterocycles. The van der Waals surface area contributed by atoms with E-state index in [0.717, 1.165) is 5.56 Å². The maximum Gasteiger partial charge on any atom is 0.419 e. The van der Waals surface area contributed by atoms with Crippen LogP contribution < -0.4 is 10.7 Å². The lowest BCUT2D eigenvalue weighted by atomic mass is 10.1. The Balaban J connectivity index is 1.95. The number of nitrogens with zero attached hydrogens (tertiary/aromatic N) is 2.